The van der Waals surface area contributed by atoms with Crippen LogP contribution in [0.1, 0.15) is 48.5 Å². The van der Waals surface area contributed by atoms with Gasteiger partial charge in [0, 0.05) is 37.8 Å². The molecule has 1 atom stereocenters. The Hall–Kier alpha value is -2.09. The van der Waals surface area contributed by atoms with Crippen molar-refractivity contribution in [2.45, 2.75) is 51.4 Å². The Morgan fingerprint density at radius 1 is 1.25 bits per heavy atom. The molecule has 1 aromatic rings. The highest BCUT2D eigenvalue weighted by molar-refractivity contribution is 5.94. The van der Waals surface area contributed by atoms with Crippen molar-refractivity contribution in [2.24, 2.45) is 0 Å². The zero-order valence-electron chi connectivity index (χ0n) is 16.4. The number of nitrogens with one attached hydrogen (secondary N) is 1. The number of alkyl halides is 3. The number of benzene rings is 1. The molecule has 0 radical (unpaired) electrons. The van der Waals surface area contributed by atoms with Gasteiger partial charge in [0.2, 0.25) is 0 Å². The Labute approximate surface area is 163 Å². The van der Waals surface area contributed by atoms with Crippen LogP contribution in [0.3, 0.4) is 0 Å². The maximum absolute atomic E-state index is 13.0. The number of halogens is 3. The van der Waals surface area contributed by atoms with Crippen molar-refractivity contribution < 1.29 is 22.8 Å². The fourth-order valence-corrected chi connectivity index (χ4v) is 3.49. The second-order valence-corrected chi connectivity index (χ2v) is 7.12. The van der Waals surface area contributed by atoms with Crippen LogP contribution in [-0.4, -0.2) is 60.5 Å². The number of carbonyl (C=O) groups is 2. The van der Waals surface area contributed by atoms with Gasteiger partial charge in [-0.15, -0.1) is 0 Å². The lowest BCUT2D eigenvalue weighted by molar-refractivity contribution is -0.188. The third-order valence-electron chi connectivity index (χ3n) is 4.96. The molecule has 0 aliphatic carbocycles. The van der Waals surface area contributed by atoms with Crippen LogP contribution in [0.25, 0.3) is 0 Å². The molecule has 2 amide bonds. The second kappa shape index (κ2) is 9.91. The van der Waals surface area contributed by atoms with Gasteiger partial charge in [-0.1, -0.05) is 25.5 Å². The number of rotatable bonds is 7. The van der Waals surface area contributed by atoms with Gasteiger partial charge in [0.05, 0.1) is 0 Å². The van der Waals surface area contributed by atoms with Crippen LogP contribution in [0.5, 0.6) is 0 Å². The minimum absolute atomic E-state index is 0.0558. The molecule has 1 unspecified atom stereocenters. The molecule has 1 N–H and O–H groups in total. The number of carbonyl (C=O) groups excluding carboxylic acids is 2. The van der Waals surface area contributed by atoms with E-state index < -0.39 is 18.1 Å². The van der Waals surface area contributed by atoms with Crippen LogP contribution in [0.15, 0.2) is 24.3 Å². The molecule has 2 rings (SSSR count). The average molecular weight is 399 g/mol. The van der Waals surface area contributed by atoms with Crippen molar-refractivity contribution in [3.05, 3.63) is 35.4 Å². The first kappa shape index (κ1) is 22.2. The maximum Gasteiger partial charge on any atom is 0.471 e. The lowest BCUT2D eigenvalue weighted by Crippen LogP contribution is -2.54. The summed E-state index contributed by atoms with van der Waals surface area (Å²) in [7, 11) is 1.83. The average Bonchev–Trinajstić information content (AvgIpc) is 2.68. The monoisotopic (exact) mass is 399 g/mol. The molecule has 28 heavy (non-hydrogen) atoms. The van der Waals surface area contributed by atoms with Crippen LogP contribution in [0, 0.1) is 0 Å². The molecule has 0 aromatic heterocycles. The fourth-order valence-electron chi connectivity index (χ4n) is 3.49. The summed E-state index contributed by atoms with van der Waals surface area (Å²) in [5.41, 5.74) is 1.54. The van der Waals surface area contributed by atoms with Gasteiger partial charge in [-0.05, 0) is 44.0 Å². The molecule has 1 fully saturated rings. The van der Waals surface area contributed by atoms with E-state index in [4.69, 9.17) is 0 Å². The molecule has 8 heteroatoms. The van der Waals surface area contributed by atoms with Gasteiger partial charge >= 0.3 is 12.1 Å². The summed E-state index contributed by atoms with van der Waals surface area (Å²) < 4.78 is 39.1. The summed E-state index contributed by atoms with van der Waals surface area (Å²) in [6.07, 6.45) is -2.67. The SMILES string of the molecule is CCCCN(C(=O)C(F)(F)F)C1CCCN(C(=O)c2ccc(CNC)cc2)C1. The third kappa shape index (κ3) is 5.70. The third-order valence-corrected chi connectivity index (χ3v) is 4.96. The molecule has 0 bridgehead atoms. The molecule has 0 spiro atoms. The van der Waals surface area contributed by atoms with Gasteiger partial charge in [-0.25, -0.2) is 0 Å². The molecule has 156 valence electrons. The first-order valence-corrected chi connectivity index (χ1v) is 9.68. The molecule has 1 heterocycles. The molecule has 0 saturated carbocycles. The normalized spacial score (nSPS) is 17.5. The van der Waals surface area contributed by atoms with Crippen molar-refractivity contribution in [2.75, 3.05) is 26.7 Å². The number of amides is 2. The van der Waals surface area contributed by atoms with Crippen molar-refractivity contribution in [1.82, 2.24) is 15.1 Å². The zero-order chi connectivity index (χ0) is 20.7. The standard InChI is InChI=1S/C20H28F3N3O2/c1-3-4-12-26(19(28)20(21,22)23)17-6-5-11-25(14-17)18(27)16-9-7-15(8-10-16)13-24-2/h7-10,17,24H,3-6,11-14H2,1-2H3. The zero-order valence-corrected chi connectivity index (χ0v) is 16.4. The molecule has 1 aliphatic heterocycles. The minimum Gasteiger partial charge on any atom is -0.337 e. The highest BCUT2D eigenvalue weighted by atomic mass is 19.4. The van der Waals surface area contributed by atoms with Crippen LogP contribution >= 0.6 is 0 Å². The van der Waals surface area contributed by atoms with Crippen molar-refractivity contribution in [1.29, 1.82) is 0 Å². The van der Waals surface area contributed by atoms with Crippen molar-refractivity contribution >= 4 is 11.8 Å². The van der Waals surface area contributed by atoms with Crippen molar-refractivity contribution in [3.8, 4) is 0 Å². The Morgan fingerprint density at radius 3 is 2.50 bits per heavy atom. The Balaban J connectivity index is 2.11. The van der Waals surface area contributed by atoms with Gasteiger partial charge in [-0.2, -0.15) is 13.2 Å². The smallest absolute Gasteiger partial charge is 0.337 e. The molecule has 1 aliphatic rings. The predicted molar refractivity (Wildman–Crippen MR) is 101 cm³/mol. The highest BCUT2D eigenvalue weighted by Crippen LogP contribution is 2.25. The second-order valence-electron chi connectivity index (χ2n) is 7.12. The lowest BCUT2D eigenvalue weighted by atomic mass is 10.0. The van der Waals surface area contributed by atoms with Gasteiger partial charge in [-0.3, -0.25) is 9.59 Å². The van der Waals surface area contributed by atoms with Gasteiger partial charge in [0.25, 0.3) is 5.91 Å². The quantitative estimate of drug-likeness (QED) is 0.766. The molecule has 1 aromatic carbocycles. The topological polar surface area (TPSA) is 52.7 Å². The largest absolute Gasteiger partial charge is 0.471 e. The Kier molecular flexibility index (Phi) is 7.86. The molecule has 1 saturated heterocycles. The minimum atomic E-state index is -4.90. The summed E-state index contributed by atoms with van der Waals surface area (Å²) in [5.74, 6) is -2.02. The van der Waals surface area contributed by atoms with E-state index >= 15 is 0 Å². The van der Waals surface area contributed by atoms with E-state index in [2.05, 4.69) is 5.32 Å². The summed E-state index contributed by atoms with van der Waals surface area (Å²) in [4.78, 5) is 27.2. The Morgan fingerprint density at radius 2 is 1.93 bits per heavy atom. The number of likely N-dealkylation sites (tertiary alicyclic amines) is 1. The predicted octanol–water partition coefficient (Wildman–Crippen LogP) is 3.20. The molecule has 5 nitrogen and oxygen atoms in total. The summed E-state index contributed by atoms with van der Waals surface area (Å²) in [6.45, 7) is 3.22. The maximum atomic E-state index is 13.0. The van der Waals surface area contributed by atoms with Gasteiger partial charge in [0.1, 0.15) is 0 Å². The van der Waals surface area contributed by atoms with E-state index in [0.29, 0.717) is 44.3 Å². The van der Waals surface area contributed by atoms with E-state index in [1.165, 1.54) is 0 Å². The summed E-state index contributed by atoms with van der Waals surface area (Å²) in [5, 5.41) is 3.03. The van der Waals surface area contributed by atoms with E-state index in [-0.39, 0.29) is 19.0 Å². The van der Waals surface area contributed by atoms with Gasteiger partial charge < -0.3 is 15.1 Å². The lowest BCUT2D eigenvalue weighted by Gasteiger charge is -2.39. The highest BCUT2D eigenvalue weighted by Gasteiger charge is 2.45. The first-order chi connectivity index (χ1) is 13.3. The Bertz CT molecular complexity index is 662. The van der Waals surface area contributed by atoms with Crippen LogP contribution in [-0.2, 0) is 11.3 Å². The number of hydrogen-bond donors (Lipinski definition) is 1. The van der Waals surface area contributed by atoms with E-state index in [1.807, 2.05) is 26.1 Å². The number of unbranched alkanes of at least 4 members (excludes halogenated alkanes) is 1. The van der Waals surface area contributed by atoms with E-state index in [0.717, 1.165) is 10.5 Å². The molecular weight excluding hydrogens is 371 g/mol. The van der Waals surface area contributed by atoms with E-state index in [9.17, 15) is 22.8 Å². The first-order valence-electron chi connectivity index (χ1n) is 9.68. The van der Waals surface area contributed by atoms with Crippen LogP contribution in [0.2, 0.25) is 0 Å². The summed E-state index contributed by atoms with van der Waals surface area (Å²) >= 11 is 0. The van der Waals surface area contributed by atoms with Crippen LogP contribution in [0.4, 0.5) is 13.2 Å². The number of nitrogens with zero attached hydrogens (tertiary/aromatic N) is 2. The number of hydrogen-bond acceptors (Lipinski definition) is 3. The summed E-state index contributed by atoms with van der Waals surface area (Å²) in [6, 6.07) is 6.56. The van der Waals surface area contributed by atoms with Crippen LogP contribution < -0.4 is 5.32 Å². The number of piperidine rings is 1. The van der Waals surface area contributed by atoms with E-state index in [1.54, 1.807) is 17.0 Å². The van der Waals surface area contributed by atoms with Gasteiger partial charge in [0.15, 0.2) is 0 Å². The molecular formula is C20H28F3N3O2. The fraction of sp³-hybridized carbons (Fsp3) is 0.600. The van der Waals surface area contributed by atoms with Crippen molar-refractivity contribution in [3.63, 3.8) is 0 Å².